The van der Waals surface area contributed by atoms with E-state index < -0.39 is 0 Å². The molecular weight excluding hydrogens is 232 g/mol. The first-order valence-corrected chi connectivity index (χ1v) is 7.03. The molecule has 3 heteroatoms. The molecule has 1 heterocycles. The highest BCUT2D eigenvalue weighted by Gasteiger charge is 2.21. The van der Waals surface area contributed by atoms with Crippen LogP contribution >= 0.6 is 11.6 Å². The van der Waals surface area contributed by atoms with Crippen LogP contribution in [0.5, 0.6) is 0 Å². The Morgan fingerprint density at radius 2 is 2.12 bits per heavy atom. The van der Waals surface area contributed by atoms with Crippen molar-refractivity contribution in [1.82, 2.24) is 9.55 Å². The van der Waals surface area contributed by atoms with E-state index in [0.717, 1.165) is 32.2 Å². The minimum atomic E-state index is 0.195. The molecule has 1 rings (SSSR count). The standard InChI is InChI=1S/C14H25ClN2/c1-5-10-17-11-9-16-13(17)8-6-7-12(15)14(2,3)4/h9,11-12H,5-8,10H2,1-4H3. The Kier molecular flexibility index (Phi) is 5.51. The minimum Gasteiger partial charge on any atom is -0.335 e. The predicted octanol–water partition coefficient (Wildman–Crippen LogP) is 4.27. The Bertz CT molecular complexity index is 325. The third kappa shape index (κ3) is 4.71. The molecule has 0 aliphatic carbocycles. The van der Waals surface area contributed by atoms with Gasteiger partial charge in [-0.3, -0.25) is 0 Å². The molecule has 1 unspecified atom stereocenters. The number of rotatable bonds is 6. The number of halogens is 1. The first-order chi connectivity index (χ1) is 7.95. The molecule has 0 saturated carbocycles. The molecule has 0 N–H and O–H groups in total. The number of hydrogen-bond acceptors (Lipinski definition) is 1. The Balaban J connectivity index is 2.38. The van der Waals surface area contributed by atoms with Gasteiger partial charge in [-0.2, -0.15) is 0 Å². The van der Waals surface area contributed by atoms with Gasteiger partial charge in [-0.25, -0.2) is 4.98 Å². The predicted molar refractivity (Wildman–Crippen MR) is 74.6 cm³/mol. The number of nitrogens with zero attached hydrogens (tertiary/aromatic N) is 2. The van der Waals surface area contributed by atoms with Crippen LogP contribution in [0.4, 0.5) is 0 Å². The van der Waals surface area contributed by atoms with Crippen molar-refractivity contribution in [3.05, 3.63) is 18.2 Å². The Hall–Kier alpha value is -0.500. The fourth-order valence-electron chi connectivity index (χ4n) is 1.89. The Labute approximate surface area is 110 Å². The highest BCUT2D eigenvalue weighted by molar-refractivity contribution is 6.21. The van der Waals surface area contributed by atoms with Gasteiger partial charge in [0.05, 0.1) is 0 Å². The fourth-order valence-corrected chi connectivity index (χ4v) is 2.04. The van der Waals surface area contributed by atoms with Crippen molar-refractivity contribution in [3.8, 4) is 0 Å². The van der Waals surface area contributed by atoms with Crippen molar-refractivity contribution in [2.75, 3.05) is 0 Å². The van der Waals surface area contributed by atoms with Crippen LogP contribution in [0.1, 0.15) is 52.8 Å². The summed E-state index contributed by atoms with van der Waals surface area (Å²) in [7, 11) is 0. The van der Waals surface area contributed by atoms with Crippen LogP contribution in [0, 0.1) is 5.41 Å². The monoisotopic (exact) mass is 256 g/mol. The van der Waals surface area contributed by atoms with Gasteiger partial charge in [0.15, 0.2) is 0 Å². The second-order valence-corrected chi connectivity index (χ2v) is 6.29. The number of aromatic nitrogens is 2. The van der Waals surface area contributed by atoms with Crippen molar-refractivity contribution >= 4 is 11.6 Å². The molecule has 0 fully saturated rings. The molecule has 0 aromatic carbocycles. The summed E-state index contributed by atoms with van der Waals surface area (Å²) in [6.07, 6.45) is 8.33. The van der Waals surface area contributed by atoms with Crippen molar-refractivity contribution in [2.45, 2.75) is 65.3 Å². The zero-order valence-electron chi connectivity index (χ0n) is 11.5. The molecule has 17 heavy (non-hydrogen) atoms. The van der Waals surface area contributed by atoms with Gasteiger partial charge in [0.2, 0.25) is 0 Å². The van der Waals surface area contributed by atoms with Crippen molar-refractivity contribution < 1.29 is 0 Å². The average molecular weight is 257 g/mol. The van der Waals surface area contributed by atoms with Gasteiger partial charge in [0, 0.05) is 30.7 Å². The lowest BCUT2D eigenvalue weighted by Crippen LogP contribution is -2.20. The summed E-state index contributed by atoms with van der Waals surface area (Å²) in [5.41, 5.74) is 0.195. The van der Waals surface area contributed by atoms with Gasteiger partial charge >= 0.3 is 0 Å². The van der Waals surface area contributed by atoms with E-state index in [4.69, 9.17) is 11.6 Å². The van der Waals surface area contributed by atoms with E-state index >= 15 is 0 Å². The lowest BCUT2D eigenvalue weighted by molar-refractivity contribution is 0.367. The SMILES string of the molecule is CCCn1ccnc1CCCC(Cl)C(C)(C)C. The Morgan fingerprint density at radius 1 is 1.41 bits per heavy atom. The maximum atomic E-state index is 6.37. The molecule has 98 valence electrons. The van der Waals surface area contributed by atoms with E-state index in [-0.39, 0.29) is 10.8 Å². The number of aryl methyl sites for hydroxylation is 2. The summed E-state index contributed by atoms with van der Waals surface area (Å²) >= 11 is 6.37. The summed E-state index contributed by atoms with van der Waals surface area (Å²) in [6, 6.07) is 0. The third-order valence-corrected chi connectivity index (χ3v) is 3.94. The molecule has 0 radical (unpaired) electrons. The summed E-state index contributed by atoms with van der Waals surface area (Å²) in [4.78, 5) is 4.41. The molecular formula is C14H25ClN2. The second-order valence-electron chi connectivity index (χ2n) is 5.76. The van der Waals surface area contributed by atoms with Gasteiger partial charge < -0.3 is 4.57 Å². The van der Waals surface area contributed by atoms with Crippen LogP contribution in [-0.2, 0) is 13.0 Å². The highest BCUT2D eigenvalue weighted by atomic mass is 35.5. The van der Waals surface area contributed by atoms with Crippen LogP contribution in [0.2, 0.25) is 0 Å². The van der Waals surface area contributed by atoms with Gasteiger partial charge in [0.25, 0.3) is 0 Å². The van der Waals surface area contributed by atoms with Crippen molar-refractivity contribution in [3.63, 3.8) is 0 Å². The molecule has 0 bridgehead atoms. The topological polar surface area (TPSA) is 17.8 Å². The van der Waals surface area contributed by atoms with E-state index in [1.807, 2.05) is 6.20 Å². The van der Waals surface area contributed by atoms with Crippen LogP contribution < -0.4 is 0 Å². The number of imidazole rings is 1. The lowest BCUT2D eigenvalue weighted by atomic mass is 9.89. The quantitative estimate of drug-likeness (QED) is 0.695. The first-order valence-electron chi connectivity index (χ1n) is 6.59. The Morgan fingerprint density at radius 3 is 2.71 bits per heavy atom. The van der Waals surface area contributed by atoms with Gasteiger partial charge in [-0.15, -0.1) is 11.6 Å². The molecule has 0 aliphatic heterocycles. The molecule has 1 aromatic heterocycles. The molecule has 2 nitrogen and oxygen atoms in total. The van der Waals surface area contributed by atoms with Gasteiger partial charge in [-0.05, 0) is 24.7 Å². The van der Waals surface area contributed by atoms with Gasteiger partial charge in [0.1, 0.15) is 5.82 Å². The molecule has 1 aromatic rings. The average Bonchev–Trinajstić information content (AvgIpc) is 2.65. The van der Waals surface area contributed by atoms with Crippen LogP contribution in [-0.4, -0.2) is 14.9 Å². The molecule has 0 spiro atoms. The zero-order chi connectivity index (χ0) is 12.9. The zero-order valence-corrected chi connectivity index (χ0v) is 12.3. The first kappa shape index (κ1) is 14.6. The summed E-state index contributed by atoms with van der Waals surface area (Å²) in [5, 5.41) is 0.247. The normalized spacial score (nSPS) is 13.9. The van der Waals surface area contributed by atoms with E-state index in [1.54, 1.807) is 0 Å². The van der Waals surface area contributed by atoms with Crippen molar-refractivity contribution in [2.24, 2.45) is 5.41 Å². The van der Waals surface area contributed by atoms with Crippen molar-refractivity contribution in [1.29, 1.82) is 0 Å². The molecule has 0 aliphatic rings. The summed E-state index contributed by atoms with van der Waals surface area (Å²) in [5.74, 6) is 1.20. The molecule has 0 amide bonds. The van der Waals surface area contributed by atoms with Crippen LogP contribution in [0.3, 0.4) is 0 Å². The number of hydrogen-bond donors (Lipinski definition) is 0. The third-order valence-electron chi connectivity index (χ3n) is 3.06. The lowest BCUT2D eigenvalue weighted by Gasteiger charge is -2.24. The molecule has 0 saturated heterocycles. The fraction of sp³-hybridized carbons (Fsp3) is 0.786. The highest BCUT2D eigenvalue weighted by Crippen LogP contribution is 2.28. The minimum absolute atomic E-state index is 0.195. The second kappa shape index (κ2) is 6.44. The smallest absolute Gasteiger partial charge is 0.108 e. The van der Waals surface area contributed by atoms with E-state index in [1.165, 1.54) is 5.82 Å². The van der Waals surface area contributed by atoms with E-state index in [0.29, 0.717) is 0 Å². The largest absolute Gasteiger partial charge is 0.335 e. The maximum absolute atomic E-state index is 6.37. The summed E-state index contributed by atoms with van der Waals surface area (Å²) < 4.78 is 2.25. The van der Waals surface area contributed by atoms with Crippen LogP contribution in [0.25, 0.3) is 0 Å². The molecule has 1 atom stereocenters. The van der Waals surface area contributed by atoms with Gasteiger partial charge in [-0.1, -0.05) is 27.7 Å². The van der Waals surface area contributed by atoms with E-state index in [9.17, 15) is 0 Å². The summed E-state index contributed by atoms with van der Waals surface area (Å²) in [6.45, 7) is 9.85. The number of alkyl halides is 1. The maximum Gasteiger partial charge on any atom is 0.108 e. The van der Waals surface area contributed by atoms with E-state index in [2.05, 4.69) is 43.4 Å². The van der Waals surface area contributed by atoms with Crippen LogP contribution in [0.15, 0.2) is 12.4 Å².